The second kappa shape index (κ2) is 9.20. The minimum Gasteiger partial charge on any atom is -0.466 e. The molecule has 5 nitrogen and oxygen atoms in total. The molecule has 1 aliphatic heterocycles. The third kappa shape index (κ3) is 4.72. The highest BCUT2D eigenvalue weighted by Gasteiger charge is 2.52. The number of aliphatic hydroxyl groups excluding tert-OH is 1. The van der Waals surface area contributed by atoms with Crippen LogP contribution in [0.3, 0.4) is 0 Å². The predicted octanol–water partition coefficient (Wildman–Crippen LogP) is 4.41. The summed E-state index contributed by atoms with van der Waals surface area (Å²) in [6.07, 6.45) is -0.464. The highest BCUT2D eigenvalue weighted by atomic mass is 28.4. The molecule has 0 amide bonds. The highest BCUT2D eigenvalue weighted by Crippen LogP contribution is 2.39. The zero-order valence-electron chi connectivity index (χ0n) is 20.0. The lowest BCUT2D eigenvalue weighted by atomic mass is 10.1. The first kappa shape index (κ1) is 23.9. The van der Waals surface area contributed by atoms with Gasteiger partial charge in [-0.25, -0.2) is 0 Å². The molecule has 0 radical (unpaired) electrons. The largest absolute Gasteiger partial charge is 0.466 e. The fourth-order valence-electron chi connectivity index (χ4n) is 4.85. The van der Waals surface area contributed by atoms with Crippen LogP contribution in [0.15, 0.2) is 83.5 Å². The number of benzene rings is 2. The Kier molecular flexibility index (Phi) is 6.67. The van der Waals surface area contributed by atoms with Crippen LogP contribution in [0, 0.1) is 0 Å². The van der Waals surface area contributed by atoms with Gasteiger partial charge in [0.15, 0.2) is 5.79 Å². The van der Waals surface area contributed by atoms with Crippen molar-refractivity contribution in [2.45, 2.75) is 63.8 Å². The van der Waals surface area contributed by atoms with Crippen molar-refractivity contribution in [3.8, 4) is 0 Å². The molecule has 2 heterocycles. The number of aliphatic hydroxyl groups is 1. The van der Waals surface area contributed by atoms with Gasteiger partial charge in [0.1, 0.15) is 24.1 Å². The summed E-state index contributed by atoms with van der Waals surface area (Å²) in [5, 5.41) is 13.2. The fourth-order valence-corrected chi connectivity index (χ4v) is 9.42. The molecular formula is C27H34O5Si. The molecule has 1 saturated heterocycles. The maximum atomic E-state index is 11.0. The molecule has 1 aromatic heterocycles. The fraction of sp³-hybridized carbons (Fsp3) is 0.407. The average molecular weight is 467 g/mol. The summed E-state index contributed by atoms with van der Waals surface area (Å²) in [7, 11) is -2.73. The van der Waals surface area contributed by atoms with Crippen molar-refractivity contribution < 1.29 is 23.4 Å². The Morgan fingerprint density at radius 3 is 1.97 bits per heavy atom. The van der Waals surface area contributed by atoms with Crippen LogP contribution in [-0.2, 0) is 13.9 Å². The number of rotatable bonds is 7. The van der Waals surface area contributed by atoms with E-state index in [2.05, 4.69) is 69.3 Å². The molecule has 2 aromatic carbocycles. The van der Waals surface area contributed by atoms with Crippen LogP contribution in [0.5, 0.6) is 0 Å². The molecule has 176 valence electrons. The van der Waals surface area contributed by atoms with Crippen molar-refractivity contribution >= 4 is 18.7 Å². The predicted molar refractivity (Wildman–Crippen MR) is 131 cm³/mol. The van der Waals surface area contributed by atoms with Gasteiger partial charge in [-0.15, -0.1) is 0 Å². The minimum absolute atomic E-state index is 0.153. The molecule has 0 unspecified atom stereocenters. The van der Waals surface area contributed by atoms with Gasteiger partial charge in [-0.1, -0.05) is 81.4 Å². The molecule has 0 bridgehead atoms. The standard InChI is InChI=1S/C27H34O5Si/c1-26(2,3)33(20-13-8-6-9-14-20,21-15-10-7-11-16-21)30-19-23-25(32-27(4,5)31-23)24(28)22-17-12-18-29-22/h6-18,23-25,28H,19H2,1-5H3/t23-,24-,25+/m0/s1. The zero-order chi connectivity index (χ0) is 23.7. The van der Waals surface area contributed by atoms with E-state index in [-0.39, 0.29) is 5.04 Å². The summed E-state index contributed by atoms with van der Waals surface area (Å²) in [5.41, 5.74) is 0. The van der Waals surface area contributed by atoms with Gasteiger partial charge in [-0.05, 0) is 41.4 Å². The van der Waals surface area contributed by atoms with Crippen molar-refractivity contribution in [3.63, 3.8) is 0 Å². The van der Waals surface area contributed by atoms with Gasteiger partial charge in [0.25, 0.3) is 8.32 Å². The molecule has 0 aliphatic carbocycles. The first-order valence-electron chi connectivity index (χ1n) is 11.5. The van der Waals surface area contributed by atoms with Gasteiger partial charge >= 0.3 is 0 Å². The Hall–Kier alpha value is -2.22. The van der Waals surface area contributed by atoms with Crippen LogP contribution in [-0.4, -0.2) is 38.0 Å². The maximum Gasteiger partial charge on any atom is 0.261 e. The van der Waals surface area contributed by atoms with E-state index in [0.717, 1.165) is 0 Å². The lowest BCUT2D eigenvalue weighted by Crippen LogP contribution is -2.67. The molecular weight excluding hydrogens is 432 g/mol. The molecule has 3 aromatic rings. The molecule has 1 N–H and O–H groups in total. The first-order chi connectivity index (χ1) is 15.6. The van der Waals surface area contributed by atoms with Crippen LogP contribution < -0.4 is 10.4 Å². The highest BCUT2D eigenvalue weighted by molar-refractivity contribution is 6.99. The van der Waals surface area contributed by atoms with E-state index in [0.29, 0.717) is 12.4 Å². The summed E-state index contributed by atoms with van der Waals surface area (Å²) in [6.45, 7) is 10.7. The van der Waals surface area contributed by atoms with E-state index in [9.17, 15) is 5.11 Å². The second-order valence-corrected chi connectivity index (χ2v) is 14.4. The monoisotopic (exact) mass is 466 g/mol. The Morgan fingerprint density at radius 1 is 0.909 bits per heavy atom. The summed E-state index contributed by atoms with van der Waals surface area (Å²) in [4.78, 5) is 0. The molecule has 3 atom stereocenters. The molecule has 33 heavy (non-hydrogen) atoms. The lowest BCUT2D eigenvalue weighted by molar-refractivity contribution is -0.157. The van der Waals surface area contributed by atoms with Gasteiger partial charge in [0.2, 0.25) is 0 Å². The van der Waals surface area contributed by atoms with E-state index in [4.69, 9.17) is 18.3 Å². The molecule has 1 aliphatic rings. The van der Waals surface area contributed by atoms with E-state index >= 15 is 0 Å². The van der Waals surface area contributed by atoms with Gasteiger partial charge in [0.05, 0.1) is 12.9 Å². The molecule has 0 saturated carbocycles. The van der Waals surface area contributed by atoms with Crippen LogP contribution in [0.25, 0.3) is 0 Å². The zero-order valence-corrected chi connectivity index (χ0v) is 21.0. The minimum atomic E-state index is -2.73. The van der Waals surface area contributed by atoms with Crippen LogP contribution in [0.4, 0.5) is 0 Å². The third-order valence-electron chi connectivity index (χ3n) is 6.25. The topological polar surface area (TPSA) is 61.1 Å². The number of hydrogen-bond donors (Lipinski definition) is 1. The number of ether oxygens (including phenoxy) is 2. The Bertz CT molecular complexity index is 972. The Balaban J connectivity index is 1.71. The SMILES string of the molecule is CC1(C)O[C@@H]([C@@H](O)c2ccco2)[C@H](CO[Si](c2ccccc2)(c2ccccc2)C(C)(C)C)O1. The molecule has 1 fully saturated rings. The van der Waals surface area contributed by atoms with Crippen LogP contribution in [0.1, 0.15) is 46.5 Å². The van der Waals surface area contributed by atoms with E-state index in [1.165, 1.54) is 10.4 Å². The van der Waals surface area contributed by atoms with E-state index in [1.807, 2.05) is 26.0 Å². The molecule has 6 heteroatoms. The summed E-state index contributed by atoms with van der Waals surface area (Å²) >= 11 is 0. The number of hydrogen-bond acceptors (Lipinski definition) is 5. The quantitative estimate of drug-likeness (QED) is 0.523. The summed E-state index contributed by atoms with van der Waals surface area (Å²) in [6, 6.07) is 24.5. The first-order valence-corrected chi connectivity index (χ1v) is 13.4. The lowest BCUT2D eigenvalue weighted by Gasteiger charge is -2.43. The summed E-state index contributed by atoms with van der Waals surface area (Å²) < 4.78 is 24.8. The van der Waals surface area contributed by atoms with Gasteiger partial charge in [-0.2, -0.15) is 0 Å². The number of furan rings is 1. The smallest absolute Gasteiger partial charge is 0.261 e. The van der Waals surface area contributed by atoms with Crippen LogP contribution in [0.2, 0.25) is 5.04 Å². The Morgan fingerprint density at radius 2 is 1.48 bits per heavy atom. The molecule has 0 spiro atoms. The third-order valence-corrected chi connectivity index (χ3v) is 11.3. The second-order valence-electron chi connectivity index (χ2n) is 10.1. The van der Waals surface area contributed by atoms with Crippen molar-refractivity contribution in [1.82, 2.24) is 0 Å². The normalized spacial score (nSPS) is 21.8. The average Bonchev–Trinajstić information content (AvgIpc) is 3.42. The van der Waals surface area contributed by atoms with E-state index < -0.39 is 32.4 Å². The maximum absolute atomic E-state index is 11.0. The van der Waals surface area contributed by atoms with Gasteiger partial charge in [0, 0.05) is 0 Å². The van der Waals surface area contributed by atoms with Crippen molar-refractivity contribution in [1.29, 1.82) is 0 Å². The van der Waals surface area contributed by atoms with Crippen molar-refractivity contribution in [3.05, 3.63) is 84.8 Å². The molecule has 4 rings (SSSR count). The van der Waals surface area contributed by atoms with Gasteiger partial charge in [-0.3, -0.25) is 0 Å². The summed E-state index contributed by atoms with van der Waals surface area (Å²) in [5.74, 6) is -0.380. The van der Waals surface area contributed by atoms with Crippen molar-refractivity contribution in [2.24, 2.45) is 0 Å². The van der Waals surface area contributed by atoms with Gasteiger partial charge < -0.3 is 23.4 Å². The van der Waals surface area contributed by atoms with Crippen LogP contribution >= 0.6 is 0 Å². The van der Waals surface area contributed by atoms with Crippen molar-refractivity contribution in [2.75, 3.05) is 6.61 Å². The Labute approximate surface area is 197 Å². The van der Waals surface area contributed by atoms with E-state index in [1.54, 1.807) is 18.4 Å².